The van der Waals surface area contributed by atoms with Gasteiger partial charge in [-0.15, -0.1) is 0 Å². The molecule has 0 saturated carbocycles. The smallest absolute Gasteiger partial charge is 0.422 e. The van der Waals surface area contributed by atoms with Crippen LogP contribution in [-0.2, 0) is 9.84 Å². The second kappa shape index (κ2) is 5.87. The number of sulfone groups is 1. The fourth-order valence-corrected chi connectivity index (χ4v) is 3.18. The summed E-state index contributed by atoms with van der Waals surface area (Å²) in [6.45, 7) is 0. The highest BCUT2D eigenvalue weighted by Crippen LogP contribution is 2.55. The molecule has 0 N–H and O–H groups in total. The van der Waals surface area contributed by atoms with Crippen LogP contribution in [0.15, 0.2) is 44.4 Å². The summed E-state index contributed by atoms with van der Waals surface area (Å²) in [7, 11) is -7.03. The summed E-state index contributed by atoms with van der Waals surface area (Å²) < 4.78 is 144. The molecule has 0 aliphatic carbocycles. The Balaban J connectivity index is 2.75. The lowest BCUT2D eigenvalue weighted by Crippen LogP contribution is -2.63. The first-order valence-corrected chi connectivity index (χ1v) is 7.94. The molecule has 2 rings (SSSR count). The maximum Gasteiger partial charge on any atom is 0.460 e. The van der Waals surface area contributed by atoms with E-state index in [1.807, 2.05) is 0 Å². The van der Waals surface area contributed by atoms with E-state index in [-0.39, 0.29) is 11.6 Å². The van der Waals surface area contributed by atoms with Crippen molar-refractivity contribution in [2.45, 2.75) is 28.2 Å². The van der Waals surface area contributed by atoms with Crippen LogP contribution in [0.25, 0.3) is 11.0 Å². The van der Waals surface area contributed by atoms with E-state index in [1.165, 1.54) is 12.1 Å². The molecule has 150 valence electrons. The summed E-state index contributed by atoms with van der Waals surface area (Å²) in [4.78, 5) is 9.36. The molecule has 0 amide bonds. The zero-order valence-corrected chi connectivity index (χ0v) is 13.1. The Bertz CT molecular complexity index is 1040. The summed E-state index contributed by atoms with van der Waals surface area (Å²) in [6.07, 6.45) is -7.20. The maximum atomic E-state index is 13.8. The van der Waals surface area contributed by atoms with E-state index in [1.54, 1.807) is 0 Å². The van der Waals surface area contributed by atoms with Gasteiger partial charge in [-0.1, -0.05) is 18.2 Å². The standard InChI is InChI=1S/C13H5F9O4S/c14-10(15,12(18,19)20)11(16,17)13(21,22)27(24,25)8-5-6-3-1-2-4-7(6)26-9(8)23/h1-5H. The second-order valence-electron chi connectivity index (χ2n) is 5.10. The molecule has 1 heterocycles. The number of alkyl halides is 9. The highest BCUT2D eigenvalue weighted by molar-refractivity contribution is 7.92. The van der Waals surface area contributed by atoms with Crippen LogP contribution in [0.1, 0.15) is 0 Å². The van der Waals surface area contributed by atoms with Crippen LogP contribution in [0, 0.1) is 0 Å². The average molecular weight is 428 g/mol. The molecular formula is C13H5F9O4S. The van der Waals surface area contributed by atoms with E-state index in [4.69, 9.17) is 0 Å². The summed E-state index contributed by atoms with van der Waals surface area (Å²) in [6, 6.07) is 4.58. The number of hydrogen-bond acceptors (Lipinski definition) is 4. The van der Waals surface area contributed by atoms with Gasteiger partial charge in [0.05, 0.1) is 0 Å². The SMILES string of the molecule is O=c1oc2ccccc2cc1S(=O)(=O)C(F)(F)C(F)(F)C(F)(F)C(F)(F)F. The summed E-state index contributed by atoms with van der Waals surface area (Å²) in [5.74, 6) is -14.9. The third-order valence-corrected chi connectivity index (χ3v) is 5.15. The Morgan fingerprint density at radius 2 is 1.33 bits per heavy atom. The van der Waals surface area contributed by atoms with Crippen molar-refractivity contribution in [3.05, 3.63) is 40.8 Å². The van der Waals surface area contributed by atoms with Gasteiger partial charge in [-0.25, -0.2) is 13.2 Å². The molecule has 0 aliphatic heterocycles. The highest BCUT2D eigenvalue weighted by atomic mass is 32.2. The predicted molar refractivity (Wildman–Crippen MR) is 70.6 cm³/mol. The molecule has 0 aliphatic rings. The zero-order chi connectivity index (χ0) is 21.1. The molecule has 0 unspecified atom stereocenters. The Morgan fingerprint density at radius 1 is 0.815 bits per heavy atom. The molecule has 1 aromatic heterocycles. The molecule has 0 fully saturated rings. The predicted octanol–water partition coefficient (Wildman–Crippen LogP) is 3.99. The van der Waals surface area contributed by atoms with Gasteiger partial charge in [0.2, 0.25) is 0 Å². The maximum absolute atomic E-state index is 13.8. The minimum absolute atomic E-state index is 0.103. The van der Waals surface area contributed by atoms with E-state index < -0.39 is 49.0 Å². The van der Waals surface area contributed by atoms with Gasteiger partial charge in [0.15, 0.2) is 4.90 Å². The Morgan fingerprint density at radius 3 is 1.85 bits per heavy atom. The number of hydrogen-bond donors (Lipinski definition) is 0. The molecule has 0 spiro atoms. The molecular weight excluding hydrogens is 423 g/mol. The molecule has 2 aromatic rings. The third-order valence-electron chi connectivity index (χ3n) is 3.35. The first kappa shape index (κ1) is 21.1. The number of benzene rings is 1. The molecule has 27 heavy (non-hydrogen) atoms. The minimum atomic E-state index is -7.44. The fraction of sp³-hybridized carbons (Fsp3) is 0.308. The van der Waals surface area contributed by atoms with Crippen LogP contribution < -0.4 is 5.63 Å². The van der Waals surface area contributed by atoms with Gasteiger partial charge in [0.25, 0.3) is 9.84 Å². The van der Waals surface area contributed by atoms with Gasteiger partial charge in [0, 0.05) is 5.39 Å². The lowest BCUT2D eigenvalue weighted by Gasteiger charge is -2.32. The van der Waals surface area contributed by atoms with Crippen molar-refractivity contribution < 1.29 is 52.3 Å². The van der Waals surface area contributed by atoms with Crippen molar-refractivity contribution in [2.75, 3.05) is 0 Å². The van der Waals surface area contributed by atoms with Crippen LogP contribution in [-0.4, -0.2) is 31.7 Å². The van der Waals surface area contributed by atoms with Crippen molar-refractivity contribution in [3.63, 3.8) is 0 Å². The third kappa shape index (κ3) is 2.85. The first-order valence-electron chi connectivity index (χ1n) is 6.46. The molecule has 4 nitrogen and oxygen atoms in total. The highest BCUT2D eigenvalue weighted by Gasteiger charge is 2.85. The van der Waals surface area contributed by atoms with E-state index >= 15 is 0 Å². The number of rotatable bonds is 4. The van der Waals surface area contributed by atoms with Crippen LogP contribution in [0.5, 0.6) is 0 Å². The van der Waals surface area contributed by atoms with Gasteiger partial charge < -0.3 is 4.42 Å². The Labute approximate surface area is 143 Å². The van der Waals surface area contributed by atoms with Crippen LogP contribution in [0.4, 0.5) is 39.5 Å². The van der Waals surface area contributed by atoms with E-state index in [9.17, 15) is 52.7 Å². The number of para-hydroxylation sites is 1. The normalized spacial score (nSPS) is 14.6. The monoisotopic (exact) mass is 428 g/mol. The van der Waals surface area contributed by atoms with Crippen molar-refractivity contribution in [1.29, 1.82) is 0 Å². The van der Waals surface area contributed by atoms with Crippen molar-refractivity contribution in [2.24, 2.45) is 0 Å². The van der Waals surface area contributed by atoms with Gasteiger partial charge in [-0.05, 0) is 12.1 Å². The van der Waals surface area contributed by atoms with Gasteiger partial charge in [-0.2, -0.15) is 39.5 Å². The van der Waals surface area contributed by atoms with Crippen LogP contribution >= 0.6 is 0 Å². The molecule has 0 bridgehead atoms. The number of halogens is 9. The largest absolute Gasteiger partial charge is 0.460 e. The van der Waals surface area contributed by atoms with Gasteiger partial charge >= 0.3 is 28.9 Å². The van der Waals surface area contributed by atoms with Crippen LogP contribution in [0.3, 0.4) is 0 Å². The van der Waals surface area contributed by atoms with Crippen LogP contribution in [0.2, 0.25) is 0 Å². The molecule has 1 aromatic carbocycles. The van der Waals surface area contributed by atoms with Crippen molar-refractivity contribution in [3.8, 4) is 0 Å². The molecule has 0 saturated heterocycles. The van der Waals surface area contributed by atoms with E-state index in [0.717, 1.165) is 12.1 Å². The number of fused-ring (bicyclic) bond motifs is 1. The summed E-state index contributed by atoms with van der Waals surface area (Å²) >= 11 is 0. The van der Waals surface area contributed by atoms with Crippen molar-refractivity contribution >= 4 is 20.8 Å². The summed E-state index contributed by atoms with van der Waals surface area (Å²) in [5, 5.41) is -7.40. The first-order chi connectivity index (χ1) is 12.0. The van der Waals surface area contributed by atoms with E-state index in [2.05, 4.69) is 4.42 Å². The quantitative estimate of drug-likeness (QED) is 0.546. The van der Waals surface area contributed by atoms with Gasteiger partial charge in [-0.3, -0.25) is 0 Å². The zero-order valence-electron chi connectivity index (χ0n) is 12.3. The Hall–Kier alpha value is -2.25. The minimum Gasteiger partial charge on any atom is -0.422 e. The fourth-order valence-electron chi connectivity index (χ4n) is 1.90. The Kier molecular flexibility index (Phi) is 4.58. The average Bonchev–Trinajstić information content (AvgIpc) is 2.52. The molecule has 0 radical (unpaired) electrons. The lowest BCUT2D eigenvalue weighted by molar-refractivity contribution is -0.382. The molecule has 14 heteroatoms. The van der Waals surface area contributed by atoms with Crippen molar-refractivity contribution in [1.82, 2.24) is 0 Å². The van der Waals surface area contributed by atoms with Gasteiger partial charge in [0.1, 0.15) is 5.58 Å². The topological polar surface area (TPSA) is 64.3 Å². The summed E-state index contributed by atoms with van der Waals surface area (Å²) in [5.41, 5.74) is -2.53. The van der Waals surface area contributed by atoms with E-state index in [0.29, 0.717) is 0 Å². The molecule has 0 atom stereocenters. The second-order valence-corrected chi connectivity index (χ2v) is 7.06. The lowest BCUT2D eigenvalue weighted by atomic mass is 10.1.